The van der Waals surface area contributed by atoms with Crippen molar-refractivity contribution in [3.05, 3.63) is 0 Å². The van der Waals surface area contributed by atoms with Gasteiger partial charge in [-0.05, 0) is 12.8 Å². The Kier molecular flexibility index (Phi) is 6.74. The molecule has 0 heterocycles. The zero-order chi connectivity index (χ0) is 11.0. The molecule has 0 aliphatic carbocycles. The molecule has 5 nitrogen and oxygen atoms in total. The van der Waals surface area contributed by atoms with Crippen LogP contribution in [0.5, 0.6) is 0 Å². The van der Waals surface area contributed by atoms with Gasteiger partial charge in [0, 0.05) is 13.8 Å². The molecule has 82 valence electrons. The second-order valence-electron chi connectivity index (χ2n) is 2.94. The predicted octanol–water partition coefficient (Wildman–Crippen LogP) is 0.254. The van der Waals surface area contributed by atoms with Gasteiger partial charge in [0.15, 0.2) is 0 Å². The summed E-state index contributed by atoms with van der Waals surface area (Å²) in [4.78, 5) is 20.7. The maximum absolute atomic E-state index is 10.4. The van der Waals surface area contributed by atoms with Crippen LogP contribution < -0.4 is 0 Å². The van der Waals surface area contributed by atoms with Gasteiger partial charge in [-0.25, -0.2) is 0 Å². The first-order valence-corrected chi connectivity index (χ1v) is 4.47. The normalized spacial score (nSPS) is 11.9. The van der Waals surface area contributed by atoms with Gasteiger partial charge in [-0.3, -0.25) is 9.59 Å². The van der Waals surface area contributed by atoms with E-state index in [-0.39, 0.29) is 19.2 Å². The maximum atomic E-state index is 10.4. The van der Waals surface area contributed by atoms with Crippen LogP contribution in [0.4, 0.5) is 0 Å². The summed E-state index contributed by atoms with van der Waals surface area (Å²) < 4.78 is 9.25. The SMILES string of the molecule is CC(=O)OCCC[C@H](O)COC(C)=O. The van der Waals surface area contributed by atoms with Crippen molar-refractivity contribution in [3.8, 4) is 0 Å². The number of carbonyl (C=O) groups excluding carboxylic acids is 2. The molecule has 0 aliphatic rings. The number of rotatable bonds is 6. The van der Waals surface area contributed by atoms with Crippen molar-refractivity contribution in [2.75, 3.05) is 13.2 Å². The molecule has 1 atom stereocenters. The Morgan fingerprint density at radius 2 is 1.79 bits per heavy atom. The van der Waals surface area contributed by atoms with Crippen LogP contribution >= 0.6 is 0 Å². The molecule has 0 aromatic heterocycles. The largest absolute Gasteiger partial charge is 0.466 e. The van der Waals surface area contributed by atoms with E-state index in [1.807, 2.05) is 0 Å². The zero-order valence-electron chi connectivity index (χ0n) is 8.49. The van der Waals surface area contributed by atoms with Gasteiger partial charge in [0.2, 0.25) is 0 Å². The lowest BCUT2D eigenvalue weighted by atomic mass is 10.2. The van der Waals surface area contributed by atoms with E-state index >= 15 is 0 Å². The molecule has 0 aromatic rings. The summed E-state index contributed by atoms with van der Waals surface area (Å²) in [7, 11) is 0. The lowest BCUT2D eigenvalue weighted by Crippen LogP contribution is -2.18. The highest BCUT2D eigenvalue weighted by molar-refractivity contribution is 5.66. The van der Waals surface area contributed by atoms with E-state index < -0.39 is 12.1 Å². The predicted molar refractivity (Wildman–Crippen MR) is 48.5 cm³/mol. The molecular formula is C9H16O5. The van der Waals surface area contributed by atoms with Gasteiger partial charge in [-0.15, -0.1) is 0 Å². The Balaban J connectivity index is 3.30. The van der Waals surface area contributed by atoms with E-state index in [1.54, 1.807) is 0 Å². The van der Waals surface area contributed by atoms with Crippen molar-refractivity contribution < 1.29 is 24.2 Å². The molecule has 0 fully saturated rings. The summed E-state index contributed by atoms with van der Waals surface area (Å²) in [6, 6.07) is 0. The highest BCUT2D eigenvalue weighted by Gasteiger charge is 2.06. The van der Waals surface area contributed by atoms with Gasteiger partial charge in [0.1, 0.15) is 6.61 Å². The fourth-order valence-corrected chi connectivity index (χ4v) is 0.832. The van der Waals surface area contributed by atoms with Gasteiger partial charge in [-0.2, -0.15) is 0 Å². The maximum Gasteiger partial charge on any atom is 0.302 e. The summed E-state index contributed by atoms with van der Waals surface area (Å²) in [6.45, 7) is 2.89. The second kappa shape index (κ2) is 7.32. The molecule has 1 N–H and O–H groups in total. The van der Waals surface area contributed by atoms with E-state index in [4.69, 9.17) is 0 Å². The van der Waals surface area contributed by atoms with Gasteiger partial charge in [-0.1, -0.05) is 0 Å². The van der Waals surface area contributed by atoms with Crippen LogP contribution in [0.1, 0.15) is 26.7 Å². The first kappa shape index (κ1) is 12.9. The average Bonchev–Trinajstić information content (AvgIpc) is 2.08. The van der Waals surface area contributed by atoms with Gasteiger partial charge >= 0.3 is 11.9 Å². The molecule has 0 rings (SSSR count). The van der Waals surface area contributed by atoms with E-state index in [2.05, 4.69) is 9.47 Å². The number of aliphatic hydroxyl groups excluding tert-OH is 1. The van der Waals surface area contributed by atoms with Crippen LogP contribution in [0.25, 0.3) is 0 Å². The second-order valence-corrected chi connectivity index (χ2v) is 2.94. The summed E-state index contributed by atoms with van der Waals surface area (Å²) in [5.74, 6) is -0.747. The summed E-state index contributed by atoms with van der Waals surface area (Å²) >= 11 is 0. The van der Waals surface area contributed by atoms with Crippen molar-refractivity contribution in [2.24, 2.45) is 0 Å². The molecular weight excluding hydrogens is 188 g/mol. The van der Waals surface area contributed by atoms with E-state index in [0.717, 1.165) is 0 Å². The molecule has 0 spiro atoms. The third kappa shape index (κ3) is 8.99. The minimum atomic E-state index is -0.686. The van der Waals surface area contributed by atoms with Crippen LogP contribution in [-0.2, 0) is 19.1 Å². The lowest BCUT2D eigenvalue weighted by molar-refractivity contribution is -0.144. The third-order valence-corrected chi connectivity index (χ3v) is 1.47. The van der Waals surface area contributed by atoms with Crippen molar-refractivity contribution in [2.45, 2.75) is 32.8 Å². The summed E-state index contributed by atoms with van der Waals surface area (Å²) in [5, 5.41) is 9.25. The molecule has 0 radical (unpaired) electrons. The van der Waals surface area contributed by atoms with Crippen LogP contribution in [0, 0.1) is 0 Å². The summed E-state index contributed by atoms with van der Waals surface area (Å²) in [5.41, 5.74) is 0. The quantitative estimate of drug-likeness (QED) is 0.496. The number of carbonyl (C=O) groups is 2. The number of hydrogen-bond donors (Lipinski definition) is 1. The molecule has 0 amide bonds. The molecule has 14 heavy (non-hydrogen) atoms. The molecule has 0 aromatic carbocycles. The highest BCUT2D eigenvalue weighted by Crippen LogP contribution is 1.98. The van der Waals surface area contributed by atoms with Crippen LogP contribution in [0.15, 0.2) is 0 Å². The van der Waals surface area contributed by atoms with E-state index in [0.29, 0.717) is 12.8 Å². The Bertz CT molecular complexity index is 190. The lowest BCUT2D eigenvalue weighted by Gasteiger charge is -2.09. The Labute approximate surface area is 83.0 Å². The van der Waals surface area contributed by atoms with Crippen molar-refractivity contribution in [1.82, 2.24) is 0 Å². The van der Waals surface area contributed by atoms with Crippen molar-refractivity contribution in [3.63, 3.8) is 0 Å². The minimum absolute atomic E-state index is 0.00456. The van der Waals surface area contributed by atoms with Crippen LogP contribution in [0.2, 0.25) is 0 Å². The monoisotopic (exact) mass is 204 g/mol. The van der Waals surface area contributed by atoms with Gasteiger partial charge in [0.05, 0.1) is 12.7 Å². The van der Waals surface area contributed by atoms with E-state index in [9.17, 15) is 14.7 Å². The topological polar surface area (TPSA) is 72.8 Å². The minimum Gasteiger partial charge on any atom is -0.466 e. The third-order valence-electron chi connectivity index (χ3n) is 1.47. The summed E-state index contributed by atoms with van der Waals surface area (Å²) in [6.07, 6.45) is 0.317. The number of hydrogen-bond acceptors (Lipinski definition) is 5. The molecule has 0 unspecified atom stereocenters. The van der Waals surface area contributed by atoms with Crippen LogP contribution in [0.3, 0.4) is 0 Å². The fraction of sp³-hybridized carbons (Fsp3) is 0.778. The molecule has 0 aliphatic heterocycles. The number of aliphatic hydroxyl groups is 1. The number of esters is 2. The zero-order valence-corrected chi connectivity index (χ0v) is 8.49. The molecule has 5 heteroatoms. The number of ether oxygens (including phenoxy) is 2. The Morgan fingerprint density at radius 3 is 2.29 bits per heavy atom. The molecule has 0 bridgehead atoms. The van der Waals surface area contributed by atoms with E-state index in [1.165, 1.54) is 13.8 Å². The first-order valence-electron chi connectivity index (χ1n) is 4.47. The van der Waals surface area contributed by atoms with Gasteiger partial charge < -0.3 is 14.6 Å². The smallest absolute Gasteiger partial charge is 0.302 e. The highest BCUT2D eigenvalue weighted by atomic mass is 16.5. The average molecular weight is 204 g/mol. The van der Waals surface area contributed by atoms with Crippen LogP contribution in [-0.4, -0.2) is 36.4 Å². The standard InChI is InChI=1S/C9H16O5/c1-7(10)13-5-3-4-9(12)6-14-8(2)11/h9,12H,3-6H2,1-2H3/t9-/m0/s1. The fourth-order valence-electron chi connectivity index (χ4n) is 0.832. The van der Waals surface area contributed by atoms with Gasteiger partial charge in [0.25, 0.3) is 0 Å². The molecule has 0 saturated carbocycles. The first-order chi connectivity index (χ1) is 6.52. The van der Waals surface area contributed by atoms with Crippen molar-refractivity contribution >= 4 is 11.9 Å². The Hall–Kier alpha value is -1.10. The van der Waals surface area contributed by atoms with Crippen molar-refractivity contribution in [1.29, 1.82) is 0 Å². The Morgan fingerprint density at radius 1 is 1.21 bits per heavy atom. The molecule has 0 saturated heterocycles.